The number of pyridine rings is 1. The molecule has 1 heterocycles. The number of hydrogen-bond acceptors (Lipinski definition) is 3. The molecular formula is C11H15BrN2O. The molecule has 0 bridgehead atoms. The number of nitrogens with zero attached hydrogens (tertiary/aromatic N) is 2. The van der Waals surface area contributed by atoms with Crippen LogP contribution in [-0.4, -0.2) is 36.1 Å². The van der Waals surface area contributed by atoms with E-state index in [1.54, 1.807) is 12.4 Å². The molecule has 1 aliphatic rings. The second-order valence-corrected chi connectivity index (χ2v) is 4.72. The molecule has 1 aliphatic carbocycles. The van der Waals surface area contributed by atoms with Gasteiger partial charge in [-0.2, -0.15) is 0 Å². The van der Waals surface area contributed by atoms with Crippen molar-refractivity contribution in [3.63, 3.8) is 0 Å². The maximum Gasteiger partial charge on any atom is 0.136 e. The van der Waals surface area contributed by atoms with Crippen molar-refractivity contribution in [2.24, 2.45) is 0 Å². The molecule has 1 saturated carbocycles. The van der Waals surface area contributed by atoms with Gasteiger partial charge < -0.3 is 9.64 Å². The Kier molecular flexibility index (Phi) is 3.59. The van der Waals surface area contributed by atoms with Crippen LogP contribution in [0.5, 0.6) is 5.75 Å². The molecule has 0 radical (unpaired) electrons. The van der Waals surface area contributed by atoms with Crippen molar-refractivity contribution in [3.8, 4) is 5.75 Å². The molecule has 3 nitrogen and oxygen atoms in total. The number of rotatable bonds is 5. The number of hydrogen-bond donors (Lipinski definition) is 0. The van der Waals surface area contributed by atoms with Crippen LogP contribution in [0.1, 0.15) is 12.8 Å². The summed E-state index contributed by atoms with van der Waals surface area (Å²) in [4.78, 5) is 6.35. The van der Waals surface area contributed by atoms with Crippen LogP contribution in [0, 0.1) is 0 Å². The van der Waals surface area contributed by atoms with E-state index in [2.05, 4.69) is 32.9 Å². The first-order chi connectivity index (χ1) is 7.27. The van der Waals surface area contributed by atoms with E-state index < -0.39 is 0 Å². The van der Waals surface area contributed by atoms with Crippen LogP contribution < -0.4 is 4.74 Å². The lowest BCUT2D eigenvalue weighted by molar-refractivity contribution is 0.231. The Hall–Kier alpha value is -0.610. The molecule has 1 aromatic rings. The second-order valence-electron chi connectivity index (χ2n) is 3.87. The summed E-state index contributed by atoms with van der Waals surface area (Å²) in [6.45, 7) is 1.72. The molecule has 0 spiro atoms. The SMILES string of the molecule is CN(CCOc1ccncc1Br)C1CC1. The van der Waals surface area contributed by atoms with Crippen molar-refractivity contribution < 1.29 is 4.74 Å². The van der Waals surface area contributed by atoms with E-state index in [9.17, 15) is 0 Å². The summed E-state index contributed by atoms with van der Waals surface area (Å²) in [5.41, 5.74) is 0. The minimum atomic E-state index is 0.732. The third-order valence-corrected chi connectivity index (χ3v) is 3.20. The van der Waals surface area contributed by atoms with Crippen molar-refractivity contribution in [1.29, 1.82) is 0 Å². The highest BCUT2D eigenvalue weighted by atomic mass is 79.9. The van der Waals surface area contributed by atoms with E-state index in [4.69, 9.17) is 4.74 Å². The summed E-state index contributed by atoms with van der Waals surface area (Å²) in [6, 6.07) is 2.68. The van der Waals surface area contributed by atoms with Gasteiger partial charge in [-0.25, -0.2) is 0 Å². The Morgan fingerprint density at radius 1 is 1.60 bits per heavy atom. The molecule has 0 aliphatic heterocycles. The Labute approximate surface area is 98.6 Å². The van der Waals surface area contributed by atoms with Crippen molar-refractivity contribution in [2.45, 2.75) is 18.9 Å². The van der Waals surface area contributed by atoms with Gasteiger partial charge in [0.2, 0.25) is 0 Å². The second kappa shape index (κ2) is 4.94. The highest BCUT2D eigenvalue weighted by Gasteiger charge is 2.25. The van der Waals surface area contributed by atoms with Gasteiger partial charge in [0.1, 0.15) is 12.4 Å². The maximum absolute atomic E-state index is 5.66. The van der Waals surface area contributed by atoms with Crippen molar-refractivity contribution in [1.82, 2.24) is 9.88 Å². The molecule has 4 heteroatoms. The lowest BCUT2D eigenvalue weighted by Crippen LogP contribution is -2.26. The van der Waals surface area contributed by atoms with E-state index in [1.165, 1.54) is 12.8 Å². The number of aromatic nitrogens is 1. The van der Waals surface area contributed by atoms with Gasteiger partial charge in [0.05, 0.1) is 4.47 Å². The number of likely N-dealkylation sites (N-methyl/N-ethyl adjacent to an activating group) is 1. The van der Waals surface area contributed by atoms with Crippen LogP contribution in [0.15, 0.2) is 22.9 Å². The topological polar surface area (TPSA) is 25.4 Å². The number of halogens is 1. The van der Waals surface area contributed by atoms with Gasteiger partial charge in [-0.3, -0.25) is 4.98 Å². The van der Waals surface area contributed by atoms with Crippen molar-refractivity contribution in [3.05, 3.63) is 22.9 Å². The van der Waals surface area contributed by atoms with Gasteiger partial charge in [-0.15, -0.1) is 0 Å². The Morgan fingerprint density at radius 3 is 3.07 bits per heavy atom. The van der Waals surface area contributed by atoms with Crippen LogP contribution in [0.4, 0.5) is 0 Å². The van der Waals surface area contributed by atoms with Crippen LogP contribution >= 0.6 is 15.9 Å². The first-order valence-electron chi connectivity index (χ1n) is 5.20. The lowest BCUT2D eigenvalue weighted by atomic mass is 10.4. The van der Waals surface area contributed by atoms with Crippen LogP contribution in [-0.2, 0) is 0 Å². The third kappa shape index (κ3) is 3.18. The van der Waals surface area contributed by atoms with Crippen LogP contribution in [0.3, 0.4) is 0 Å². The van der Waals surface area contributed by atoms with Crippen molar-refractivity contribution in [2.75, 3.05) is 20.2 Å². The van der Waals surface area contributed by atoms with Crippen LogP contribution in [0.25, 0.3) is 0 Å². The Morgan fingerprint density at radius 2 is 2.40 bits per heavy atom. The molecule has 0 unspecified atom stereocenters. The number of ether oxygens (including phenoxy) is 1. The summed E-state index contributed by atoms with van der Waals surface area (Å²) in [5, 5.41) is 0. The summed E-state index contributed by atoms with van der Waals surface area (Å²) in [7, 11) is 2.16. The minimum Gasteiger partial charge on any atom is -0.491 e. The maximum atomic E-state index is 5.66. The molecule has 0 saturated heterocycles. The summed E-state index contributed by atoms with van der Waals surface area (Å²) in [5.74, 6) is 0.870. The summed E-state index contributed by atoms with van der Waals surface area (Å²) >= 11 is 3.40. The zero-order valence-corrected chi connectivity index (χ0v) is 10.4. The van der Waals surface area contributed by atoms with Gasteiger partial charge in [-0.05, 0) is 41.9 Å². The largest absolute Gasteiger partial charge is 0.491 e. The highest BCUT2D eigenvalue weighted by molar-refractivity contribution is 9.10. The predicted molar refractivity (Wildman–Crippen MR) is 63.1 cm³/mol. The van der Waals surface area contributed by atoms with Gasteiger partial charge in [0, 0.05) is 25.0 Å². The molecule has 2 rings (SSSR count). The fourth-order valence-electron chi connectivity index (χ4n) is 1.48. The molecule has 1 aromatic heterocycles. The van der Waals surface area contributed by atoms with Gasteiger partial charge in [-0.1, -0.05) is 0 Å². The standard InChI is InChI=1S/C11H15BrN2O/c1-14(9-2-3-9)6-7-15-11-4-5-13-8-10(11)12/h4-5,8-9H,2-3,6-7H2,1H3. The highest BCUT2D eigenvalue weighted by Crippen LogP contribution is 2.25. The fourth-order valence-corrected chi connectivity index (χ4v) is 1.84. The first kappa shape index (κ1) is 10.9. The zero-order valence-electron chi connectivity index (χ0n) is 8.82. The molecule has 0 amide bonds. The van der Waals surface area contributed by atoms with Gasteiger partial charge in [0.25, 0.3) is 0 Å². The average molecular weight is 271 g/mol. The van der Waals surface area contributed by atoms with E-state index >= 15 is 0 Å². The Balaban J connectivity index is 1.75. The summed E-state index contributed by atoms with van der Waals surface area (Å²) < 4.78 is 6.57. The van der Waals surface area contributed by atoms with Gasteiger partial charge in [0.15, 0.2) is 0 Å². The normalized spacial score (nSPS) is 15.7. The van der Waals surface area contributed by atoms with Gasteiger partial charge >= 0.3 is 0 Å². The Bertz CT molecular complexity index is 328. The smallest absolute Gasteiger partial charge is 0.136 e. The van der Waals surface area contributed by atoms with Crippen molar-refractivity contribution >= 4 is 15.9 Å². The van der Waals surface area contributed by atoms with E-state index in [-0.39, 0.29) is 0 Å². The van der Waals surface area contributed by atoms with E-state index in [0.717, 1.165) is 29.4 Å². The molecule has 1 fully saturated rings. The molecule has 15 heavy (non-hydrogen) atoms. The average Bonchev–Trinajstić information content (AvgIpc) is 3.04. The lowest BCUT2D eigenvalue weighted by Gasteiger charge is -2.16. The molecule has 82 valence electrons. The summed E-state index contributed by atoms with van der Waals surface area (Å²) in [6.07, 6.45) is 6.18. The fraction of sp³-hybridized carbons (Fsp3) is 0.545. The molecule has 0 N–H and O–H groups in total. The molecule has 0 atom stereocenters. The minimum absolute atomic E-state index is 0.732. The first-order valence-corrected chi connectivity index (χ1v) is 5.99. The van der Waals surface area contributed by atoms with E-state index in [0.29, 0.717) is 0 Å². The quantitative estimate of drug-likeness (QED) is 0.821. The molecule has 0 aromatic carbocycles. The molecular weight excluding hydrogens is 256 g/mol. The predicted octanol–water partition coefficient (Wildman–Crippen LogP) is 2.32. The van der Waals surface area contributed by atoms with Crippen LogP contribution in [0.2, 0.25) is 0 Å². The zero-order chi connectivity index (χ0) is 10.7. The van der Waals surface area contributed by atoms with E-state index in [1.807, 2.05) is 6.07 Å². The monoisotopic (exact) mass is 270 g/mol. The third-order valence-electron chi connectivity index (χ3n) is 2.61.